The molecule has 0 spiro atoms. The van der Waals surface area contributed by atoms with Gasteiger partial charge in [-0.05, 0) is 37.8 Å². The molecule has 1 aliphatic heterocycles. The lowest BCUT2D eigenvalue weighted by molar-refractivity contribution is 0.445. The maximum Gasteiger partial charge on any atom is 0.139 e. The second-order valence-corrected chi connectivity index (χ2v) is 5.09. The van der Waals surface area contributed by atoms with E-state index in [0.717, 1.165) is 18.5 Å². The fraction of sp³-hybridized carbons (Fsp3) is 0.467. The predicted molar refractivity (Wildman–Crippen MR) is 72.3 cm³/mol. The van der Waals surface area contributed by atoms with Gasteiger partial charge in [-0.2, -0.15) is 10.4 Å². The highest BCUT2D eigenvalue weighted by molar-refractivity contribution is 5.89. The van der Waals surface area contributed by atoms with Gasteiger partial charge in [-0.1, -0.05) is 24.6 Å². The first-order valence-corrected chi connectivity index (χ1v) is 6.70. The molecule has 1 aromatic carbocycles. The Morgan fingerprint density at radius 1 is 1.22 bits per heavy atom. The summed E-state index contributed by atoms with van der Waals surface area (Å²) in [6.45, 7) is 0. The molecule has 92 valence electrons. The number of anilines is 1. The number of rotatable bonds is 1. The highest BCUT2D eigenvalue weighted by Crippen LogP contribution is 2.33. The highest BCUT2D eigenvalue weighted by Gasteiger charge is 2.32. The van der Waals surface area contributed by atoms with Crippen LogP contribution in [0.1, 0.15) is 32.1 Å². The standard InChI is InChI=1S/C15H17N3/c16-11-14-10-12-6-4-5-9-15(12)17-18(14)13-7-2-1-3-8-13/h1-3,7-8,12,14H,4-6,9-10H2. The van der Waals surface area contributed by atoms with E-state index in [4.69, 9.17) is 5.10 Å². The van der Waals surface area contributed by atoms with Crippen LogP contribution in [0.25, 0.3) is 0 Å². The highest BCUT2D eigenvalue weighted by atomic mass is 15.5. The van der Waals surface area contributed by atoms with Gasteiger partial charge in [0.2, 0.25) is 0 Å². The summed E-state index contributed by atoms with van der Waals surface area (Å²) in [5.41, 5.74) is 2.33. The number of para-hydroxylation sites is 1. The molecule has 1 saturated carbocycles. The molecule has 1 aliphatic carbocycles. The first-order valence-electron chi connectivity index (χ1n) is 6.70. The zero-order chi connectivity index (χ0) is 12.4. The van der Waals surface area contributed by atoms with Crippen LogP contribution >= 0.6 is 0 Å². The van der Waals surface area contributed by atoms with Crippen LogP contribution in [0.5, 0.6) is 0 Å². The zero-order valence-corrected chi connectivity index (χ0v) is 10.4. The minimum atomic E-state index is -0.112. The lowest BCUT2D eigenvalue weighted by atomic mass is 9.82. The summed E-state index contributed by atoms with van der Waals surface area (Å²) in [7, 11) is 0. The molecular formula is C15H17N3. The third-order valence-electron chi connectivity index (χ3n) is 3.92. The van der Waals surface area contributed by atoms with Gasteiger partial charge in [0.15, 0.2) is 0 Å². The van der Waals surface area contributed by atoms with Crippen LogP contribution in [0, 0.1) is 17.2 Å². The Labute approximate surface area is 108 Å². The molecule has 0 radical (unpaired) electrons. The minimum Gasteiger partial charge on any atom is -0.248 e. The van der Waals surface area contributed by atoms with E-state index in [1.807, 2.05) is 35.3 Å². The summed E-state index contributed by atoms with van der Waals surface area (Å²) in [5, 5.41) is 16.0. The van der Waals surface area contributed by atoms with Gasteiger partial charge >= 0.3 is 0 Å². The molecule has 18 heavy (non-hydrogen) atoms. The number of benzene rings is 1. The average Bonchev–Trinajstić information content (AvgIpc) is 2.46. The Morgan fingerprint density at radius 2 is 2.06 bits per heavy atom. The van der Waals surface area contributed by atoms with Crippen LogP contribution in [-0.2, 0) is 0 Å². The van der Waals surface area contributed by atoms with E-state index in [2.05, 4.69) is 6.07 Å². The maximum atomic E-state index is 9.35. The van der Waals surface area contributed by atoms with Crippen LogP contribution in [0.4, 0.5) is 5.69 Å². The molecule has 0 saturated heterocycles. The second-order valence-electron chi connectivity index (χ2n) is 5.09. The topological polar surface area (TPSA) is 39.4 Å². The van der Waals surface area contributed by atoms with Gasteiger partial charge in [0.05, 0.1) is 11.8 Å². The number of nitriles is 1. The number of hydrogen-bond acceptors (Lipinski definition) is 3. The van der Waals surface area contributed by atoms with Crippen LogP contribution in [-0.4, -0.2) is 11.8 Å². The molecule has 0 bridgehead atoms. The summed E-state index contributed by atoms with van der Waals surface area (Å²) in [5.74, 6) is 0.545. The number of nitrogens with zero attached hydrogens (tertiary/aromatic N) is 3. The first kappa shape index (κ1) is 11.3. The molecule has 2 aliphatic rings. The van der Waals surface area contributed by atoms with E-state index >= 15 is 0 Å². The van der Waals surface area contributed by atoms with Crippen molar-refractivity contribution in [1.82, 2.24) is 0 Å². The van der Waals surface area contributed by atoms with Crippen molar-refractivity contribution in [2.45, 2.75) is 38.1 Å². The number of fused-ring (bicyclic) bond motifs is 1. The summed E-state index contributed by atoms with van der Waals surface area (Å²) in [6, 6.07) is 12.3. The molecular weight excluding hydrogens is 222 g/mol. The van der Waals surface area contributed by atoms with Gasteiger partial charge in [-0.15, -0.1) is 0 Å². The maximum absolute atomic E-state index is 9.35. The predicted octanol–water partition coefficient (Wildman–Crippen LogP) is 3.34. The summed E-state index contributed by atoms with van der Waals surface area (Å²) >= 11 is 0. The molecule has 1 aromatic rings. The smallest absolute Gasteiger partial charge is 0.139 e. The van der Waals surface area contributed by atoms with Gasteiger partial charge in [0.25, 0.3) is 0 Å². The first-order chi connectivity index (χ1) is 8.88. The molecule has 1 heterocycles. The summed E-state index contributed by atoms with van der Waals surface area (Å²) in [6.07, 6.45) is 5.78. The van der Waals surface area contributed by atoms with Crippen LogP contribution in [0.2, 0.25) is 0 Å². The van der Waals surface area contributed by atoms with Gasteiger partial charge in [-0.25, -0.2) is 5.01 Å². The Kier molecular flexibility index (Phi) is 3.02. The van der Waals surface area contributed by atoms with E-state index in [-0.39, 0.29) is 6.04 Å². The van der Waals surface area contributed by atoms with E-state index in [9.17, 15) is 5.26 Å². The normalized spacial score (nSPS) is 27.1. The lowest BCUT2D eigenvalue weighted by Gasteiger charge is -2.36. The summed E-state index contributed by atoms with van der Waals surface area (Å²) in [4.78, 5) is 0. The number of hydrogen-bond donors (Lipinski definition) is 0. The van der Waals surface area contributed by atoms with Crippen molar-refractivity contribution in [2.75, 3.05) is 5.01 Å². The van der Waals surface area contributed by atoms with E-state index in [1.165, 1.54) is 25.0 Å². The molecule has 1 fully saturated rings. The van der Waals surface area contributed by atoms with Gasteiger partial charge in [0.1, 0.15) is 6.04 Å². The Morgan fingerprint density at radius 3 is 2.83 bits per heavy atom. The van der Waals surface area contributed by atoms with Crippen LogP contribution in [0.15, 0.2) is 35.4 Å². The van der Waals surface area contributed by atoms with Crippen molar-refractivity contribution in [3.63, 3.8) is 0 Å². The van der Waals surface area contributed by atoms with E-state index in [0.29, 0.717) is 5.92 Å². The van der Waals surface area contributed by atoms with Crippen molar-refractivity contribution in [1.29, 1.82) is 5.26 Å². The van der Waals surface area contributed by atoms with Crippen LogP contribution in [0.3, 0.4) is 0 Å². The monoisotopic (exact) mass is 239 g/mol. The van der Waals surface area contributed by atoms with Gasteiger partial charge in [0, 0.05) is 11.6 Å². The quantitative estimate of drug-likeness (QED) is 0.754. The molecule has 0 N–H and O–H groups in total. The van der Waals surface area contributed by atoms with Gasteiger partial charge < -0.3 is 0 Å². The number of hydrazone groups is 1. The van der Waals surface area contributed by atoms with Crippen molar-refractivity contribution in [2.24, 2.45) is 11.0 Å². The largest absolute Gasteiger partial charge is 0.248 e. The minimum absolute atomic E-state index is 0.112. The third-order valence-corrected chi connectivity index (χ3v) is 3.92. The SMILES string of the molecule is N#CC1CC2CCCCC2=NN1c1ccccc1. The zero-order valence-electron chi connectivity index (χ0n) is 10.4. The molecule has 2 atom stereocenters. The third kappa shape index (κ3) is 1.99. The molecule has 3 heteroatoms. The van der Waals surface area contributed by atoms with Gasteiger partial charge in [-0.3, -0.25) is 0 Å². The molecule has 3 nitrogen and oxygen atoms in total. The van der Waals surface area contributed by atoms with E-state index in [1.54, 1.807) is 0 Å². The molecule has 2 unspecified atom stereocenters. The second kappa shape index (κ2) is 4.81. The van der Waals surface area contributed by atoms with Crippen molar-refractivity contribution >= 4 is 11.4 Å². The molecule has 0 aromatic heterocycles. The summed E-state index contributed by atoms with van der Waals surface area (Å²) < 4.78 is 0. The average molecular weight is 239 g/mol. The van der Waals surface area contributed by atoms with Crippen molar-refractivity contribution in [3.8, 4) is 6.07 Å². The Bertz CT molecular complexity index is 486. The van der Waals surface area contributed by atoms with Crippen molar-refractivity contribution < 1.29 is 0 Å². The van der Waals surface area contributed by atoms with Crippen LogP contribution < -0.4 is 5.01 Å². The molecule has 0 amide bonds. The van der Waals surface area contributed by atoms with E-state index < -0.39 is 0 Å². The fourth-order valence-electron chi connectivity index (χ4n) is 2.96. The van der Waals surface area contributed by atoms with Crippen molar-refractivity contribution in [3.05, 3.63) is 30.3 Å². The fourth-order valence-corrected chi connectivity index (χ4v) is 2.96. The Hall–Kier alpha value is -1.82. The molecule has 3 rings (SSSR count). The lowest BCUT2D eigenvalue weighted by Crippen LogP contribution is -2.40. The Balaban J connectivity index is 1.94.